The maximum absolute atomic E-state index is 12.9. The van der Waals surface area contributed by atoms with Crippen molar-refractivity contribution in [3.05, 3.63) is 28.8 Å². The number of alkyl halides is 3. The van der Waals surface area contributed by atoms with Crippen LogP contribution >= 0.6 is 11.6 Å². The van der Waals surface area contributed by atoms with Gasteiger partial charge in [0.2, 0.25) is 10.0 Å². The fourth-order valence-electron chi connectivity index (χ4n) is 2.07. The monoisotopic (exact) mass is 343 g/mol. The van der Waals surface area contributed by atoms with Gasteiger partial charge in [0.25, 0.3) is 0 Å². The lowest BCUT2D eigenvalue weighted by Gasteiger charge is -2.36. The van der Waals surface area contributed by atoms with Gasteiger partial charge in [0, 0.05) is 6.54 Å². The minimum Gasteiger partial charge on any atom is -0.389 e. The highest BCUT2D eigenvalue weighted by Gasteiger charge is 2.40. The van der Waals surface area contributed by atoms with Crippen molar-refractivity contribution < 1.29 is 26.7 Å². The van der Waals surface area contributed by atoms with Crippen molar-refractivity contribution in [2.24, 2.45) is 0 Å². The maximum atomic E-state index is 12.9. The molecule has 0 radical (unpaired) electrons. The molecule has 1 aliphatic carbocycles. The van der Waals surface area contributed by atoms with E-state index in [1.807, 2.05) is 4.72 Å². The summed E-state index contributed by atoms with van der Waals surface area (Å²) in [5.41, 5.74) is -2.52. The third-order valence-corrected chi connectivity index (χ3v) is 5.35. The van der Waals surface area contributed by atoms with Gasteiger partial charge in [0.15, 0.2) is 0 Å². The Morgan fingerprint density at radius 1 is 1.33 bits per heavy atom. The first-order valence-corrected chi connectivity index (χ1v) is 7.99. The third-order valence-electron chi connectivity index (χ3n) is 3.42. The van der Waals surface area contributed by atoms with Crippen molar-refractivity contribution in [1.29, 1.82) is 0 Å². The minimum atomic E-state index is -4.84. The van der Waals surface area contributed by atoms with Gasteiger partial charge in [-0.15, -0.1) is 0 Å². The van der Waals surface area contributed by atoms with E-state index in [0.717, 1.165) is 18.6 Å². The second-order valence-corrected chi connectivity index (χ2v) is 7.13. The molecule has 1 aromatic carbocycles. The van der Waals surface area contributed by atoms with E-state index in [-0.39, 0.29) is 6.54 Å². The van der Waals surface area contributed by atoms with Crippen molar-refractivity contribution in [2.75, 3.05) is 6.54 Å². The van der Waals surface area contributed by atoms with Crippen LogP contribution in [-0.2, 0) is 16.2 Å². The van der Waals surface area contributed by atoms with Crippen molar-refractivity contribution in [3.8, 4) is 0 Å². The zero-order chi connectivity index (χ0) is 15.9. The lowest BCUT2D eigenvalue weighted by Crippen LogP contribution is -2.47. The number of hydrogen-bond donors (Lipinski definition) is 2. The molecule has 4 nitrogen and oxygen atoms in total. The molecule has 21 heavy (non-hydrogen) atoms. The summed E-state index contributed by atoms with van der Waals surface area (Å²) >= 11 is 5.64. The highest BCUT2D eigenvalue weighted by atomic mass is 35.5. The Bertz CT molecular complexity index is 642. The molecule has 9 heteroatoms. The van der Waals surface area contributed by atoms with Gasteiger partial charge in [-0.1, -0.05) is 17.7 Å². The Kier molecular flexibility index (Phi) is 4.27. The Balaban J connectivity index is 2.35. The first kappa shape index (κ1) is 16.5. The number of nitrogens with one attached hydrogen (secondary N) is 1. The first-order chi connectivity index (χ1) is 9.55. The standard InChI is InChI=1S/C12H13ClF3NO3S/c13-9-4-1-3-8(12(14,15)16)10(9)21(19,20)17-7-11(18)5-2-6-11/h1,3-4,17-18H,2,5-7H2. The predicted molar refractivity (Wildman–Crippen MR) is 70.4 cm³/mol. The van der Waals surface area contributed by atoms with Crippen LogP contribution in [0.1, 0.15) is 24.8 Å². The fourth-order valence-corrected chi connectivity index (χ4v) is 3.95. The van der Waals surface area contributed by atoms with Gasteiger partial charge >= 0.3 is 6.18 Å². The normalized spacial score (nSPS) is 18.3. The van der Waals surface area contributed by atoms with Crippen LogP contribution in [0.5, 0.6) is 0 Å². The highest BCUT2D eigenvalue weighted by molar-refractivity contribution is 7.89. The molecule has 0 atom stereocenters. The fraction of sp³-hybridized carbons (Fsp3) is 0.500. The molecule has 0 amide bonds. The summed E-state index contributed by atoms with van der Waals surface area (Å²) in [5.74, 6) is 0. The molecule has 0 aromatic heterocycles. The van der Waals surface area contributed by atoms with Crippen LogP contribution in [0.15, 0.2) is 23.1 Å². The predicted octanol–water partition coefficient (Wildman–Crippen LogP) is 2.55. The van der Waals surface area contributed by atoms with E-state index in [1.54, 1.807) is 0 Å². The van der Waals surface area contributed by atoms with Crippen LogP contribution in [0.4, 0.5) is 13.2 Å². The molecule has 0 heterocycles. The molecule has 0 bridgehead atoms. The van der Waals surface area contributed by atoms with Gasteiger partial charge in [-0.25, -0.2) is 13.1 Å². The van der Waals surface area contributed by atoms with Crippen LogP contribution in [0.3, 0.4) is 0 Å². The molecule has 1 aromatic rings. The van der Waals surface area contributed by atoms with Crippen LogP contribution in [0.2, 0.25) is 5.02 Å². The molecule has 0 unspecified atom stereocenters. The van der Waals surface area contributed by atoms with Crippen molar-refractivity contribution in [1.82, 2.24) is 4.72 Å². The SMILES string of the molecule is O=S(=O)(NCC1(O)CCC1)c1c(Cl)cccc1C(F)(F)F. The average molecular weight is 344 g/mol. The molecule has 1 fully saturated rings. The van der Waals surface area contributed by atoms with Crippen LogP contribution < -0.4 is 4.72 Å². The molecular formula is C12H13ClF3NO3S. The molecule has 0 spiro atoms. The third kappa shape index (κ3) is 3.50. The largest absolute Gasteiger partial charge is 0.417 e. The zero-order valence-corrected chi connectivity index (χ0v) is 12.3. The van der Waals surface area contributed by atoms with Crippen molar-refractivity contribution in [3.63, 3.8) is 0 Å². The summed E-state index contributed by atoms with van der Waals surface area (Å²) < 4.78 is 64.9. The van der Waals surface area contributed by atoms with E-state index < -0.39 is 37.3 Å². The quantitative estimate of drug-likeness (QED) is 0.883. The van der Waals surface area contributed by atoms with E-state index in [2.05, 4.69) is 0 Å². The molecular weight excluding hydrogens is 331 g/mol. The van der Waals surface area contributed by atoms with E-state index >= 15 is 0 Å². The molecule has 2 rings (SSSR count). The summed E-state index contributed by atoms with van der Waals surface area (Å²) in [6.45, 7) is -0.335. The number of halogens is 4. The molecule has 2 N–H and O–H groups in total. The Morgan fingerprint density at radius 2 is 1.95 bits per heavy atom. The van der Waals surface area contributed by atoms with Crippen molar-refractivity contribution >= 4 is 21.6 Å². The second kappa shape index (κ2) is 5.42. The first-order valence-electron chi connectivity index (χ1n) is 6.13. The van der Waals surface area contributed by atoms with Gasteiger partial charge in [0.05, 0.1) is 16.2 Å². The minimum absolute atomic E-state index is 0.335. The Hall–Kier alpha value is -0.830. The maximum Gasteiger partial charge on any atom is 0.417 e. The van der Waals surface area contributed by atoms with E-state index in [1.165, 1.54) is 0 Å². The summed E-state index contributed by atoms with van der Waals surface area (Å²) in [4.78, 5) is -1.01. The van der Waals surface area contributed by atoms with Gasteiger partial charge in [-0.05, 0) is 31.4 Å². The molecule has 0 aliphatic heterocycles. The molecule has 1 aliphatic rings. The molecule has 0 saturated heterocycles. The summed E-state index contributed by atoms with van der Waals surface area (Å²) in [7, 11) is -4.48. The van der Waals surface area contributed by atoms with Crippen LogP contribution in [-0.4, -0.2) is 25.7 Å². The summed E-state index contributed by atoms with van der Waals surface area (Å²) in [6.07, 6.45) is -3.28. The zero-order valence-electron chi connectivity index (χ0n) is 10.7. The van der Waals surface area contributed by atoms with E-state index in [4.69, 9.17) is 11.6 Å². The van der Waals surface area contributed by atoms with Crippen LogP contribution in [0.25, 0.3) is 0 Å². The van der Waals surface area contributed by atoms with Gasteiger partial charge in [-0.3, -0.25) is 0 Å². The number of rotatable bonds is 4. The Labute approximate surface area is 125 Å². The number of aliphatic hydroxyl groups is 1. The molecule has 1 saturated carbocycles. The Morgan fingerprint density at radius 3 is 2.43 bits per heavy atom. The average Bonchev–Trinajstić information content (AvgIpc) is 2.32. The highest BCUT2D eigenvalue weighted by Crippen LogP contribution is 2.38. The van der Waals surface area contributed by atoms with E-state index in [0.29, 0.717) is 18.9 Å². The number of benzene rings is 1. The van der Waals surface area contributed by atoms with Gasteiger partial charge in [0.1, 0.15) is 4.90 Å². The number of hydrogen-bond acceptors (Lipinski definition) is 3. The second-order valence-electron chi connectivity index (χ2n) is 5.02. The summed E-state index contributed by atoms with van der Waals surface area (Å²) in [5, 5.41) is 9.32. The number of sulfonamides is 1. The summed E-state index contributed by atoms with van der Waals surface area (Å²) in [6, 6.07) is 2.76. The van der Waals surface area contributed by atoms with E-state index in [9.17, 15) is 26.7 Å². The van der Waals surface area contributed by atoms with Crippen LogP contribution in [0, 0.1) is 0 Å². The molecule has 118 valence electrons. The van der Waals surface area contributed by atoms with Gasteiger partial charge < -0.3 is 5.11 Å². The van der Waals surface area contributed by atoms with Gasteiger partial charge in [-0.2, -0.15) is 13.2 Å². The van der Waals surface area contributed by atoms with Crippen molar-refractivity contribution in [2.45, 2.75) is 35.9 Å². The topological polar surface area (TPSA) is 66.4 Å². The lowest BCUT2D eigenvalue weighted by molar-refractivity contribution is -0.139. The lowest BCUT2D eigenvalue weighted by atomic mass is 9.81. The smallest absolute Gasteiger partial charge is 0.389 e.